The van der Waals surface area contributed by atoms with Crippen LogP contribution in [0.1, 0.15) is 11.1 Å². The molecule has 0 radical (unpaired) electrons. The van der Waals surface area contributed by atoms with Gasteiger partial charge in [0, 0.05) is 16.2 Å². The number of benzene rings is 2. The summed E-state index contributed by atoms with van der Waals surface area (Å²) in [4.78, 5) is 23.5. The normalized spacial score (nSPS) is 10.5. The first-order valence-electron chi connectivity index (χ1n) is 7.53. The van der Waals surface area contributed by atoms with E-state index in [1.54, 1.807) is 31.4 Å². The number of hydrogen-bond acceptors (Lipinski definition) is 4. The first-order valence-corrected chi connectivity index (χ1v) is 8.32. The van der Waals surface area contributed by atoms with Gasteiger partial charge in [0.05, 0.1) is 7.11 Å². The molecule has 6 heteroatoms. The molecule has 0 heterocycles. The van der Waals surface area contributed by atoms with Crippen LogP contribution in [0, 0.1) is 6.92 Å². The highest BCUT2D eigenvalue weighted by molar-refractivity contribution is 9.10. The van der Waals surface area contributed by atoms with Crippen LogP contribution >= 0.6 is 15.9 Å². The average Bonchev–Trinajstić information content (AvgIpc) is 2.61. The molecule has 2 aromatic rings. The van der Waals surface area contributed by atoms with Gasteiger partial charge in [0.15, 0.2) is 6.61 Å². The van der Waals surface area contributed by atoms with Crippen LogP contribution in [0.4, 0.5) is 5.69 Å². The number of ether oxygens (including phenoxy) is 2. The topological polar surface area (TPSA) is 64.6 Å². The number of anilines is 1. The zero-order valence-electron chi connectivity index (χ0n) is 13.9. The molecule has 0 atom stereocenters. The predicted molar refractivity (Wildman–Crippen MR) is 100 cm³/mol. The quantitative estimate of drug-likeness (QED) is 0.585. The zero-order chi connectivity index (χ0) is 18.2. The van der Waals surface area contributed by atoms with Crippen molar-refractivity contribution >= 4 is 39.6 Å². The Labute approximate surface area is 154 Å². The van der Waals surface area contributed by atoms with Crippen LogP contribution in [0.3, 0.4) is 0 Å². The van der Waals surface area contributed by atoms with E-state index in [-0.39, 0.29) is 6.61 Å². The van der Waals surface area contributed by atoms with Gasteiger partial charge in [0.2, 0.25) is 0 Å². The summed E-state index contributed by atoms with van der Waals surface area (Å²) in [5.41, 5.74) is 2.49. The second-order valence-electron chi connectivity index (χ2n) is 5.23. The van der Waals surface area contributed by atoms with Gasteiger partial charge in [-0.2, -0.15) is 0 Å². The molecular weight excluding hydrogens is 386 g/mol. The molecule has 5 nitrogen and oxygen atoms in total. The Kier molecular flexibility index (Phi) is 6.77. The molecule has 0 aromatic heterocycles. The molecule has 1 N–H and O–H groups in total. The summed E-state index contributed by atoms with van der Waals surface area (Å²) < 4.78 is 10.9. The van der Waals surface area contributed by atoms with Gasteiger partial charge in [-0.25, -0.2) is 4.79 Å². The van der Waals surface area contributed by atoms with Crippen molar-refractivity contribution in [3.63, 3.8) is 0 Å². The summed E-state index contributed by atoms with van der Waals surface area (Å²) in [6.45, 7) is 1.60. The van der Waals surface area contributed by atoms with Crippen molar-refractivity contribution in [2.75, 3.05) is 19.0 Å². The maximum Gasteiger partial charge on any atom is 0.331 e. The van der Waals surface area contributed by atoms with Gasteiger partial charge in [-0.1, -0.05) is 34.1 Å². The number of carbonyl (C=O) groups excluding carboxylic acids is 2. The Morgan fingerprint density at radius 3 is 2.72 bits per heavy atom. The van der Waals surface area contributed by atoms with Crippen LogP contribution in [0.2, 0.25) is 0 Å². The number of aryl methyl sites for hydroxylation is 1. The fourth-order valence-electron chi connectivity index (χ4n) is 1.96. The molecule has 0 spiro atoms. The van der Waals surface area contributed by atoms with Gasteiger partial charge in [-0.3, -0.25) is 4.79 Å². The van der Waals surface area contributed by atoms with E-state index in [1.807, 2.05) is 31.2 Å². The summed E-state index contributed by atoms with van der Waals surface area (Å²) >= 11 is 3.40. The number of methoxy groups -OCH3 is 1. The van der Waals surface area contributed by atoms with E-state index in [2.05, 4.69) is 21.2 Å². The molecule has 0 aliphatic carbocycles. The van der Waals surface area contributed by atoms with E-state index >= 15 is 0 Å². The Balaban J connectivity index is 1.83. The minimum atomic E-state index is -0.594. The number of carbonyl (C=O) groups is 2. The molecule has 0 aliphatic heterocycles. The second kappa shape index (κ2) is 9.03. The number of esters is 1. The summed E-state index contributed by atoms with van der Waals surface area (Å²) in [6.07, 6.45) is 2.87. The van der Waals surface area contributed by atoms with Gasteiger partial charge in [0.25, 0.3) is 5.91 Å². The minimum Gasteiger partial charge on any atom is -0.497 e. The van der Waals surface area contributed by atoms with Crippen molar-refractivity contribution in [1.82, 2.24) is 0 Å². The van der Waals surface area contributed by atoms with E-state index in [4.69, 9.17) is 9.47 Å². The standard InChI is InChI=1S/C19H18BrNO4/c1-13-6-8-15(11-17(13)20)21-18(22)12-25-19(23)9-7-14-4-3-5-16(10-14)24-2/h3-11H,12H2,1-2H3,(H,21,22)/b9-7+. The number of halogens is 1. The van der Waals surface area contributed by atoms with E-state index in [1.165, 1.54) is 6.08 Å². The smallest absolute Gasteiger partial charge is 0.331 e. The first kappa shape index (κ1) is 18.7. The first-order chi connectivity index (χ1) is 12.0. The van der Waals surface area contributed by atoms with E-state index in [0.717, 1.165) is 15.6 Å². The van der Waals surface area contributed by atoms with Crippen LogP contribution in [-0.2, 0) is 14.3 Å². The van der Waals surface area contributed by atoms with Gasteiger partial charge in [-0.15, -0.1) is 0 Å². The molecule has 2 aromatic carbocycles. The highest BCUT2D eigenvalue weighted by Gasteiger charge is 2.06. The largest absolute Gasteiger partial charge is 0.497 e. The van der Waals surface area contributed by atoms with Crippen LogP contribution in [0.25, 0.3) is 6.08 Å². The van der Waals surface area contributed by atoms with E-state index in [9.17, 15) is 9.59 Å². The zero-order valence-corrected chi connectivity index (χ0v) is 15.5. The summed E-state index contributed by atoms with van der Waals surface area (Å²) in [6, 6.07) is 12.7. The van der Waals surface area contributed by atoms with E-state index < -0.39 is 11.9 Å². The number of nitrogens with one attached hydrogen (secondary N) is 1. The molecule has 0 saturated heterocycles. The SMILES string of the molecule is COc1cccc(/C=C/C(=O)OCC(=O)Nc2ccc(C)c(Br)c2)c1. The molecule has 2 rings (SSSR count). The Bertz CT molecular complexity index is 802. The number of amides is 1. The molecule has 25 heavy (non-hydrogen) atoms. The summed E-state index contributed by atoms with van der Waals surface area (Å²) in [5, 5.41) is 2.67. The fourth-order valence-corrected chi connectivity index (χ4v) is 2.34. The van der Waals surface area contributed by atoms with Gasteiger partial charge in [-0.05, 0) is 48.4 Å². The fraction of sp³-hybridized carbons (Fsp3) is 0.158. The molecule has 130 valence electrons. The van der Waals surface area contributed by atoms with Crippen molar-refractivity contribution in [2.45, 2.75) is 6.92 Å². The van der Waals surface area contributed by atoms with Gasteiger partial charge in [0.1, 0.15) is 5.75 Å². The molecule has 1 amide bonds. The maximum absolute atomic E-state index is 11.8. The predicted octanol–water partition coefficient (Wildman–Crippen LogP) is 3.96. The third-order valence-electron chi connectivity index (χ3n) is 3.31. The molecule has 0 unspecified atom stereocenters. The van der Waals surface area contributed by atoms with Crippen molar-refractivity contribution in [2.24, 2.45) is 0 Å². The second-order valence-corrected chi connectivity index (χ2v) is 6.08. The highest BCUT2D eigenvalue weighted by atomic mass is 79.9. The lowest BCUT2D eigenvalue weighted by atomic mass is 10.2. The van der Waals surface area contributed by atoms with Crippen LogP contribution in [0.5, 0.6) is 5.75 Å². The molecule has 0 saturated carbocycles. The third kappa shape index (κ3) is 6.08. The number of rotatable bonds is 6. The average molecular weight is 404 g/mol. The Morgan fingerprint density at radius 1 is 1.20 bits per heavy atom. The molecule has 0 bridgehead atoms. The Morgan fingerprint density at radius 2 is 2.00 bits per heavy atom. The lowest BCUT2D eigenvalue weighted by Crippen LogP contribution is -2.20. The van der Waals surface area contributed by atoms with Crippen molar-refractivity contribution in [3.05, 3.63) is 64.1 Å². The summed E-state index contributed by atoms with van der Waals surface area (Å²) in [5.74, 6) is -0.305. The highest BCUT2D eigenvalue weighted by Crippen LogP contribution is 2.20. The Hall–Kier alpha value is -2.60. The molecule has 0 fully saturated rings. The van der Waals surface area contributed by atoms with Crippen molar-refractivity contribution in [1.29, 1.82) is 0 Å². The molecular formula is C19H18BrNO4. The van der Waals surface area contributed by atoms with Gasteiger partial charge < -0.3 is 14.8 Å². The van der Waals surface area contributed by atoms with E-state index in [0.29, 0.717) is 11.4 Å². The van der Waals surface area contributed by atoms with Crippen LogP contribution in [-0.4, -0.2) is 25.6 Å². The minimum absolute atomic E-state index is 0.354. The number of hydrogen-bond donors (Lipinski definition) is 1. The monoisotopic (exact) mass is 403 g/mol. The van der Waals surface area contributed by atoms with Crippen molar-refractivity contribution < 1.29 is 19.1 Å². The van der Waals surface area contributed by atoms with Crippen LogP contribution < -0.4 is 10.1 Å². The summed E-state index contributed by atoms with van der Waals surface area (Å²) in [7, 11) is 1.57. The molecule has 0 aliphatic rings. The van der Waals surface area contributed by atoms with Crippen molar-refractivity contribution in [3.8, 4) is 5.75 Å². The third-order valence-corrected chi connectivity index (χ3v) is 4.16. The van der Waals surface area contributed by atoms with Gasteiger partial charge >= 0.3 is 5.97 Å². The maximum atomic E-state index is 11.8. The lowest BCUT2D eigenvalue weighted by Gasteiger charge is -2.07. The van der Waals surface area contributed by atoms with Crippen LogP contribution in [0.15, 0.2) is 53.0 Å². The lowest BCUT2D eigenvalue weighted by molar-refractivity contribution is -0.142.